The van der Waals surface area contributed by atoms with Gasteiger partial charge in [0.15, 0.2) is 0 Å². The number of rotatable bonds is 3. The predicted molar refractivity (Wildman–Crippen MR) is 69.9 cm³/mol. The second-order valence-corrected chi connectivity index (χ2v) is 4.79. The summed E-state index contributed by atoms with van der Waals surface area (Å²) in [6.07, 6.45) is 0. The van der Waals surface area contributed by atoms with E-state index >= 15 is 0 Å². The van der Waals surface area contributed by atoms with Crippen molar-refractivity contribution in [3.63, 3.8) is 0 Å². The molecule has 0 aliphatic carbocycles. The molecule has 2 rings (SSSR count). The molecule has 0 saturated heterocycles. The van der Waals surface area contributed by atoms with Gasteiger partial charge in [0.05, 0.1) is 0 Å². The van der Waals surface area contributed by atoms with Gasteiger partial charge in [0.2, 0.25) is 0 Å². The highest BCUT2D eigenvalue weighted by Gasteiger charge is 2.03. The lowest BCUT2D eigenvalue weighted by Gasteiger charge is -2.05. The Morgan fingerprint density at radius 3 is 2.47 bits per heavy atom. The van der Waals surface area contributed by atoms with Crippen molar-refractivity contribution >= 4 is 17.6 Å². The van der Waals surface area contributed by atoms with Crippen LogP contribution in [-0.2, 0) is 0 Å². The number of aryl methyl sites for hydroxylation is 2. The molecule has 1 heterocycles. The first-order chi connectivity index (χ1) is 8.17. The van der Waals surface area contributed by atoms with Crippen molar-refractivity contribution in [1.29, 1.82) is 0 Å². The summed E-state index contributed by atoms with van der Waals surface area (Å²) in [5.41, 5.74) is 3.79. The van der Waals surface area contributed by atoms with Crippen LogP contribution in [0.2, 0.25) is 0 Å². The van der Waals surface area contributed by atoms with E-state index in [1.54, 1.807) is 11.8 Å². The third-order valence-corrected chi connectivity index (χ3v) is 3.13. The summed E-state index contributed by atoms with van der Waals surface area (Å²) in [5, 5.41) is 0.884. The van der Waals surface area contributed by atoms with Crippen LogP contribution >= 0.6 is 11.8 Å². The average Bonchev–Trinajstić information content (AvgIpc) is 2.31. The van der Waals surface area contributed by atoms with E-state index in [0.717, 1.165) is 9.92 Å². The predicted octanol–water partition coefficient (Wildman–Crippen LogP) is 2.53. The Morgan fingerprint density at radius 1 is 1.12 bits per heavy atom. The maximum atomic E-state index is 5.35. The van der Waals surface area contributed by atoms with Gasteiger partial charge >= 0.3 is 0 Å². The summed E-state index contributed by atoms with van der Waals surface area (Å²) in [6, 6.07) is 10.1. The molecule has 1 aromatic heterocycles. The Hall–Kier alpha value is -1.59. The highest BCUT2D eigenvalue weighted by molar-refractivity contribution is 7.99. The van der Waals surface area contributed by atoms with Crippen LogP contribution < -0.4 is 11.3 Å². The smallest absolute Gasteiger partial charge is 0.144 e. The van der Waals surface area contributed by atoms with E-state index in [-0.39, 0.29) is 0 Å². The lowest BCUT2D eigenvalue weighted by molar-refractivity contribution is 0.964. The number of hydrogen-bond donors (Lipinski definition) is 2. The molecule has 3 N–H and O–H groups in total. The number of benzene rings is 1. The van der Waals surface area contributed by atoms with Gasteiger partial charge in [0.1, 0.15) is 16.7 Å². The van der Waals surface area contributed by atoms with E-state index in [0.29, 0.717) is 11.6 Å². The van der Waals surface area contributed by atoms with Crippen LogP contribution in [0.3, 0.4) is 0 Å². The molecule has 0 amide bonds. The number of hydrazine groups is 1. The number of nitrogen functional groups attached to an aromatic ring is 1. The molecule has 17 heavy (non-hydrogen) atoms. The Bertz CT molecular complexity index is 510. The monoisotopic (exact) mass is 246 g/mol. The quantitative estimate of drug-likeness (QED) is 0.495. The van der Waals surface area contributed by atoms with Crippen LogP contribution in [0.25, 0.3) is 0 Å². The van der Waals surface area contributed by atoms with Gasteiger partial charge < -0.3 is 5.43 Å². The highest BCUT2D eigenvalue weighted by atomic mass is 32.2. The second kappa shape index (κ2) is 5.16. The van der Waals surface area contributed by atoms with Crippen molar-refractivity contribution in [1.82, 2.24) is 9.97 Å². The fourth-order valence-electron chi connectivity index (χ4n) is 1.39. The molecule has 0 atom stereocenters. The number of nitrogens with one attached hydrogen (secondary N) is 1. The van der Waals surface area contributed by atoms with E-state index < -0.39 is 0 Å². The molecule has 0 spiro atoms. The van der Waals surface area contributed by atoms with Crippen LogP contribution in [0, 0.1) is 13.8 Å². The lowest BCUT2D eigenvalue weighted by atomic mass is 10.2. The van der Waals surface area contributed by atoms with E-state index in [9.17, 15) is 0 Å². The van der Waals surface area contributed by atoms with Crippen molar-refractivity contribution in [2.45, 2.75) is 23.8 Å². The topological polar surface area (TPSA) is 63.8 Å². The van der Waals surface area contributed by atoms with Crippen LogP contribution in [0.15, 0.2) is 40.3 Å². The molecule has 0 saturated carbocycles. The van der Waals surface area contributed by atoms with Crippen molar-refractivity contribution in [2.75, 3.05) is 5.43 Å². The van der Waals surface area contributed by atoms with Gasteiger partial charge in [-0.1, -0.05) is 29.5 Å². The molecule has 5 heteroatoms. The molecule has 0 radical (unpaired) electrons. The number of nitrogens with two attached hydrogens (primary N) is 1. The van der Waals surface area contributed by atoms with Gasteiger partial charge in [-0.2, -0.15) is 0 Å². The van der Waals surface area contributed by atoms with E-state index in [1.807, 2.05) is 13.0 Å². The minimum Gasteiger partial charge on any atom is -0.308 e. The van der Waals surface area contributed by atoms with Crippen molar-refractivity contribution in [3.8, 4) is 0 Å². The minimum absolute atomic E-state index is 0.632. The summed E-state index contributed by atoms with van der Waals surface area (Å²) < 4.78 is 0. The molecule has 2 aromatic rings. The molecule has 0 fully saturated rings. The van der Waals surface area contributed by atoms with Crippen LogP contribution in [-0.4, -0.2) is 9.97 Å². The van der Waals surface area contributed by atoms with E-state index in [1.165, 1.54) is 5.56 Å². The molecule has 4 nitrogen and oxygen atoms in total. The number of nitrogens with zero attached hydrogens (tertiary/aromatic N) is 2. The standard InChI is InChI=1S/C12H14N4S/c1-8-3-5-10(6-4-8)17-12-7-11(16-13)14-9(2)15-12/h3-7H,13H2,1-2H3,(H,14,15,16). The Morgan fingerprint density at radius 2 is 1.82 bits per heavy atom. The van der Waals surface area contributed by atoms with Crippen LogP contribution in [0.5, 0.6) is 0 Å². The average molecular weight is 246 g/mol. The first kappa shape index (κ1) is 11.9. The van der Waals surface area contributed by atoms with Gasteiger partial charge in [0.25, 0.3) is 0 Å². The Balaban J connectivity index is 2.23. The fourth-order valence-corrected chi connectivity index (χ4v) is 2.26. The van der Waals surface area contributed by atoms with Gasteiger partial charge in [-0.25, -0.2) is 15.8 Å². The molecule has 1 aromatic carbocycles. The number of anilines is 1. The third kappa shape index (κ3) is 3.18. The Kier molecular flexibility index (Phi) is 3.61. The summed E-state index contributed by atoms with van der Waals surface area (Å²) in [4.78, 5) is 9.65. The number of hydrogen-bond acceptors (Lipinski definition) is 5. The molecule has 0 aliphatic rings. The first-order valence-electron chi connectivity index (χ1n) is 5.24. The van der Waals surface area contributed by atoms with Gasteiger partial charge in [-0.3, -0.25) is 0 Å². The van der Waals surface area contributed by atoms with Crippen LogP contribution in [0.4, 0.5) is 5.82 Å². The second-order valence-electron chi connectivity index (χ2n) is 3.70. The lowest BCUT2D eigenvalue weighted by Crippen LogP contribution is -2.09. The van der Waals surface area contributed by atoms with Gasteiger partial charge in [0, 0.05) is 11.0 Å². The van der Waals surface area contributed by atoms with Crippen molar-refractivity contribution in [3.05, 3.63) is 41.7 Å². The summed E-state index contributed by atoms with van der Waals surface area (Å²) in [7, 11) is 0. The zero-order valence-corrected chi connectivity index (χ0v) is 10.6. The zero-order valence-electron chi connectivity index (χ0n) is 9.77. The number of aromatic nitrogens is 2. The van der Waals surface area contributed by atoms with Gasteiger partial charge in [-0.05, 0) is 26.0 Å². The normalized spacial score (nSPS) is 10.3. The van der Waals surface area contributed by atoms with E-state index in [2.05, 4.69) is 46.6 Å². The molecular weight excluding hydrogens is 232 g/mol. The van der Waals surface area contributed by atoms with E-state index in [4.69, 9.17) is 5.84 Å². The maximum Gasteiger partial charge on any atom is 0.144 e. The molecule has 0 aliphatic heterocycles. The van der Waals surface area contributed by atoms with Crippen LogP contribution in [0.1, 0.15) is 11.4 Å². The van der Waals surface area contributed by atoms with Crippen molar-refractivity contribution < 1.29 is 0 Å². The summed E-state index contributed by atoms with van der Waals surface area (Å²) in [6.45, 7) is 3.92. The van der Waals surface area contributed by atoms with Crippen molar-refractivity contribution in [2.24, 2.45) is 5.84 Å². The highest BCUT2D eigenvalue weighted by Crippen LogP contribution is 2.27. The molecule has 88 valence electrons. The molecule has 0 bridgehead atoms. The Labute approximate surface area is 105 Å². The maximum absolute atomic E-state index is 5.35. The summed E-state index contributed by atoms with van der Waals surface area (Å²) >= 11 is 1.59. The zero-order chi connectivity index (χ0) is 12.3. The molecular formula is C12H14N4S. The third-order valence-electron chi connectivity index (χ3n) is 2.21. The van der Waals surface area contributed by atoms with Gasteiger partial charge in [-0.15, -0.1) is 0 Å². The minimum atomic E-state index is 0.632. The SMILES string of the molecule is Cc1ccc(Sc2cc(NN)nc(C)n2)cc1. The fraction of sp³-hybridized carbons (Fsp3) is 0.167. The largest absolute Gasteiger partial charge is 0.308 e. The molecule has 0 unspecified atom stereocenters. The summed E-state index contributed by atoms with van der Waals surface area (Å²) in [5.74, 6) is 6.69. The first-order valence-corrected chi connectivity index (χ1v) is 6.06.